The summed E-state index contributed by atoms with van der Waals surface area (Å²) >= 11 is 5.87. The zero-order valence-corrected chi connectivity index (χ0v) is 8.23. The number of carboxylic acids is 1. The topological polar surface area (TPSA) is 70.7 Å². The van der Waals surface area contributed by atoms with E-state index in [-0.39, 0.29) is 5.76 Å². The SMILES string of the molecule is O=C(O)C(O)c1cc2c(Cl)cccc2o1. The standard InChI is InChI=1S/C10H7ClO4/c11-6-2-1-3-7-5(6)4-8(15-7)9(12)10(13)14/h1-4,9,12H,(H,13,14). The summed E-state index contributed by atoms with van der Waals surface area (Å²) in [6.45, 7) is 0. The first-order valence-electron chi connectivity index (χ1n) is 4.18. The predicted octanol–water partition coefficient (Wildman–Crippen LogP) is 2.20. The number of hydrogen-bond donors (Lipinski definition) is 2. The molecule has 0 radical (unpaired) electrons. The first-order chi connectivity index (χ1) is 7.09. The summed E-state index contributed by atoms with van der Waals surface area (Å²) in [6, 6.07) is 6.43. The number of furan rings is 1. The van der Waals surface area contributed by atoms with Crippen molar-refractivity contribution >= 4 is 28.5 Å². The molecular weight excluding hydrogens is 220 g/mol. The zero-order valence-electron chi connectivity index (χ0n) is 7.48. The third-order valence-corrected chi connectivity index (χ3v) is 2.36. The van der Waals surface area contributed by atoms with Gasteiger partial charge in [0, 0.05) is 5.39 Å². The molecule has 0 saturated carbocycles. The predicted molar refractivity (Wildman–Crippen MR) is 53.8 cm³/mol. The van der Waals surface area contributed by atoms with Crippen molar-refractivity contribution in [2.24, 2.45) is 0 Å². The largest absolute Gasteiger partial charge is 0.479 e. The maximum Gasteiger partial charge on any atom is 0.340 e. The molecule has 2 rings (SSSR count). The Labute approximate surface area is 89.7 Å². The van der Waals surface area contributed by atoms with E-state index in [0.717, 1.165) is 0 Å². The normalized spacial score (nSPS) is 12.9. The van der Waals surface area contributed by atoms with Crippen molar-refractivity contribution in [2.75, 3.05) is 0 Å². The lowest BCUT2D eigenvalue weighted by atomic mass is 10.2. The molecule has 0 amide bonds. The number of aliphatic hydroxyl groups is 1. The number of aliphatic carboxylic acids is 1. The van der Waals surface area contributed by atoms with E-state index in [1.807, 2.05) is 0 Å². The first-order valence-corrected chi connectivity index (χ1v) is 4.56. The van der Waals surface area contributed by atoms with Gasteiger partial charge < -0.3 is 14.6 Å². The molecular formula is C10H7ClO4. The van der Waals surface area contributed by atoms with Crippen molar-refractivity contribution in [3.8, 4) is 0 Å². The van der Waals surface area contributed by atoms with Gasteiger partial charge in [-0.05, 0) is 18.2 Å². The highest BCUT2D eigenvalue weighted by Crippen LogP contribution is 2.29. The van der Waals surface area contributed by atoms with Crippen molar-refractivity contribution in [3.05, 3.63) is 35.0 Å². The van der Waals surface area contributed by atoms with Crippen LogP contribution in [0, 0.1) is 0 Å². The number of halogens is 1. The van der Waals surface area contributed by atoms with E-state index in [9.17, 15) is 9.90 Å². The Morgan fingerprint density at radius 3 is 2.80 bits per heavy atom. The van der Waals surface area contributed by atoms with Gasteiger partial charge in [-0.1, -0.05) is 17.7 Å². The fourth-order valence-corrected chi connectivity index (χ4v) is 1.52. The Bertz CT molecular complexity index is 517. The van der Waals surface area contributed by atoms with Gasteiger partial charge in [0.2, 0.25) is 6.10 Å². The number of aliphatic hydroxyl groups excluding tert-OH is 1. The van der Waals surface area contributed by atoms with Crippen molar-refractivity contribution < 1.29 is 19.4 Å². The molecule has 0 saturated heterocycles. The van der Waals surface area contributed by atoms with Gasteiger partial charge in [-0.25, -0.2) is 4.79 Å². The molecule has 5 heteroatoms. The third kappa shape index (κ3) is 1.69. The molecule has 2 N–H and O–H groups in total. The summed E-state index contributed by atoms with van der Waals surface area (Å²) in [7, 11) is 0. The number of benzene rings is 1. The van der Waals surface area contributed by atoms with Gasteiger partial charge in [0.05, 0.1) is 5.02 Å². The Kier molecular flexibility index (Phi) is 2.38. The van der Waals surface area contributed by atoms with Crippen LogP contribution < -0.4 is 0 Å². The van der Waals surface area contributed by atoms with Gasteiger partial charge in [0.25, 0.3) is 0 Å². The molecule has 1 unspecified atom stereocenters. The van der Waals surface area contributed by atoms with Gasteiger partial charge in [0.15, 0.2) is 0 Å². The minimum atomic E-state index is -1.66. The highest BCUT2D eigenvalue weighted by Gasteiger charge is 2.20. The van der Waals surface area contributed by atoms with Gasteiger partial charge in [-0.3, -0.25) is 0 Å². The van der Waals surface area contributed by atoms with Gasteiger partial charge >= 0.3 is 5.97 Å². The Morgan fingerprint density at radius 2 is 2.20 bits per heavy atom. The fraction of sp³-hybridized carbons (Fsp3) is 0.100. The van der Waals surface area contributed by atoms with E-state index in [1.165, 1.54) is 6.07 Å². The minimum absolute atomic E-state index is 0.0226. The average Bonchev–Trinajstić information content (AvgIpc) is 2.61. The van der Waals surface area contributed by atoms with Crippen molar-refractivity contribution in [2.45, 2.75) is 6.10 Å². The lowest BCUT2D eigenvalue weighted by molar-refractivity contribution is -0.147. The van der Waals surface area contributed by atoms with Crippen molar-refractivity contribution in [1.82, 2.24) is 0 Å². The summed E-state index contributed by atoms with van der Waals surface area (Å²) in [5, 5.41) is 18.9. The number of carbonyl (C=O) groups is 1. The second-order valence-corrected chi connectivity index (χ2v) is 3.45. The molecule has 1 heterocycles. The Morgan fingerprint density at radius 1 is 1.47 bits per heavy atom. The summed E-state index contributed by atoms with van der Waals surface area (Å²) in [5.41, 5.74) is 0.456. The van der Waals surface area contributed by atoms with Crippen LogP contribution in [0.2, 0.25) is 5.02 Å². The number of rotatable bonds is 2. The first kappa shape index (κ1) is 10.0. The summed E-state index contributed by atoms with van der Waals surface area (Å²) in [5.74, 6) is -1.38. The third-order valence-electron chi connectivity index (χ3n) is 2.03. The quantitative estimate of drug-likeness (QED) is 0.824. The van der Waals surface area contributed by atoms with E-state index < -0.39 is 12.1 Å². The molecule has 2 aromatic rings. The Hall–Kier alpha value is -1.52. The van der Waals surface area contributed by atoms with Crippen molar-refractivity contribution in [1.29, 1.82) is 0 Å². The molecule has 1 aromatic carbocycles. The van der Waals surface area contributed by atoms with E-state index >= 15 is 0 Å². The van der Waals surface area contributed by atoms with Crippen LogP contribution in [0.15, 0.2) is 28.7 Å². The molecule has 0 aliphatic heterocycles. The summed E-state index contributed by atoms with van der Waals surface area (Å²) < 4.78 is 5.16. The molecule has 0 aliphatic rings. The second kappa shape index (κ2) is 3.56. The Balaban J connectivity index is 2.56. The van der Waals surface area contributed by atoms with Crippen LogP contribution in [0.25, 0.3) is 11.0 Å². The van der Waals surface area contributed by atoms with Gasteiger partial charge in [-0.2, -0.15) is 0 Å². The molecule has 0 bridgehead atoms. The lowest BCUT2D eigenvalue weighted by Gasteiger charge is -1.98. The number of fused-ring (bicyclic) bond motifs is 1. The molecule has 1 atom stereocenters. The van der Waals surface area contributed by atoms with Crippen LogP contribution >= 0.6 is 11.6 Å². The van der Waals surface area contributed by atoms with E-state index in [1.54, 1.807) is 18.2 Å². The lowest BCUT2D eigenvalue weighted by Crippen LogP contribution is -2.09. The summed E-state index contributed by atoms with van der Waals surface area (Å²) in [6.07, 6.45) is -1.66. The highest BCUT2D eigenvalue weighted by atomic mass is 35.5. The van der Waals surface area contributed by atoms with Gasteiger partial charge in [0.1, 0.15) is 11.3 Å². The van der Waals surface area contributed by atoms with E-state index in [0.29, 0.717) is 16.0 Å². The monoisotopic (exact) mass is 226 g/mol. The molecule has 78 valence electrons. The second-order valence-electron chi connectivity index (χ2n) is 3.04. The number of carboxylic acid groups (broad SMARTS) is 1. The van der Waals surface area contributed by atoms with Crippen LogP contribution in [0.4, 0.5) is 0 Å². The maximum absolute atomic E-state index is 10.5. The number of hydrogen-bond acceptors (Lipinski definition) is 3. The van der Waals surface area contributed by atoms with E-state index in [4.69, 9.17) is 21.1 Å². The average molecular weight is 227 g/mol. The van der Waals surface area contributed by atoms with Crippen LogP contribution in [-0.4, -0.2) is 16.2 Å². The van der Waals surface area contributed by atoms with Crippen LogP contribution in [0.5, 0.6) is 0 Å². The molecule has 1 aromatic heterocycles. The molecule has 0 aliphatic carbocycles. The van der Waals surface area contributed by atoms with Crippen molar-refractivity contribution in [3.63, 3.8) is 0 Å². The molecule has 15 heavy (non-hydrogen) atoms. The molecule has 4 nitrogen and oxygen atoms in total. The van der Waals surface area contributed by atoms with Crippen LogP contribution in [0.3, 0.4) is 0 Å². The zero-order chi connectivity index (χ0) is 11.0. The smallest absolute Gasteiger partial charge is 0.340 e. The molecule has 0 fully saturated rings. The maximum atomic E-state index is 10.5. The molecule has 0 spiro atoms. The highest BCUT2D eigenvalue weighted by molar-refractivity contribution is 6.35. The van der Waals surface area contributed by atoms with E-state index in [2.05, 4.69) is 0 Å². The minimum Gasteiger partial charge on any atom is -0.479 e. The summed E-state index contributed by atoms with van der Waals surface area (Å²) in [4.78, 5) is 10.5. The van der Waals surface area contributed by atoms with Crippen LogP contribution in [-0.2, 0) is 4.79 Å². The fourth-order valence-electron chi connectivity index (χ4n) is 1.30. The van der Waals surface area contributed by atoms with Gasteiger partial charge in [-0.15, -0.1) is 0 Å². The van der Waals surface area contributed by atoms with Crippen LogP contribution in [0.1, 0.15) is 11.9 Å².